The highest BCUT2D eigenvalue weighted by molar-refractivity contribution is 5.89. The lowest BCUT2D eigenvalue weighted by Crippen LogP contribution is -2.20. The molecule has 0 aromatic heterocycles. The van der Waals surface area contributed by atoms with E-state index in [9.17, 15) is 4.79 Å². The molecule has 0 amide bonds. The maximum Gasteiger partial charge on any atom is 0.338 e. The molecule has 102 valence electrons. The monoisotopic (exact) mass is 260 g/mol. The fraction of sp³-hybridized carbons (Fsp3) is 0.438. The van der Waals surface area contributed by atoms with Crippen LogP contribution < -0.4 is 0 Å². The second-order valence-electron chi connectivity index (χ2n) is 4.83. The van der Waals surface area contributed by atoms with E-state index in [1.54, 1.807) is 25.5 Å². The van der Waals surface area contributed by atoms with Crippen LogP contribution in [0.3, 0.4) is 0 Å². The van der Waals surface area contributed by atoms with Crippen molar-refractivity contribution < 1.29 is 14.3 Å². The van der Waals surface area contributed by atoms with Crippen LogP contribution in [0.15, 0.2) is 30.5 Å². The number of hydrogen-bond donors (Lipinski definition) is 0. The van der Waals surface area contributed by atoms with E-state index in [2.05, 4.69) is 0 Å². The fourth-order valence-corrected chi connectivity index (χ4v) is 2.28. The number of carbonyl (C=O) groups excluding carboxylic acids is 1. The Labute approximate surface area is 114 Å². The average Bonchev–Trinajstić information content (AvgIpc) is 2.46. The Morgan fingerprint density at radius 1 is 1.16 bits per heavy atom. The fourth-order valence-electron chi connectivity index (χ4n) is 2.28. The molecule has 1 aliphatic carbocycles. The van der Waals surface area contributed by atoms with E-state index < -0.39 is 0 Å². The predicted octanol–water partition coefficient (Wildman–Crippen LogP) is 3.79. The summed E-state index contributed by atoms with van der Waals surface area (Å²) in [6.07, 6.45) is 9.15. The SMILES string of the molecule is COC=Cc1ccc(C(=O)OC2CCCCC2)cc1. The smallest absolute Gasteiger partial charge is 0.338 e. The second-order valence-corrected chi connectivity index (χ2v) is 4.83. The Morgan fingerprint density at radius 2 is 1.84 bits per heavy atom. The molecule has 3 nitrogen and oxygen atoms in total. The molecule has 0 radical (unpaired) electrons. The van der Waals surface area contributed by atoms with Gasteiger partial charge in [-0.3, -0.25) is 0 Å². The molecule has 0 saturated heterocycles. The van der Waals surface area contributed by atoms with Crippen LogP contribution in [0.25, 0.3) is 6.08 Å². The number of rotatable bonds is 4. The van der Waals surface area contributed by atoms with Crippen molar-refractivity contribution in [2.24, 2.45) is 0 Å². The van der Waals surface area contributed by atoms with Crippen LogP contribution in [-0.4, -0.2) is 19.2 Å². The van der Waals surface area contributed by atoms with Gasteiger partial charge < -0.3 is 9.47 Å². The first-order valence-electron chi connectivity index (χ1n) is 6.80. The second kappa shape index (κ2) is 6.98. The molecule has 3 heteroatoms. The Bertz CT molecular complexity index is 428. The Hall–Kier alpha value is -1.77. The molecule has 1 aromatic rings. The molecule has 19 heavy (non-hydrogen) atoms. The van der Waals surface area contributed by atoms with Crippen molar-refractivity contribution >= 4 is 12.0 Å². The van der Waals surface area contributed by atoms with Crippen molar-refractivity contribution in [3.8, 4) is 0 Å². The molecule has 0 spiro atoms. The van der Waals surface area contributed by atoms with Crippen LogP contribution >= 0.6 is 0 Å². The number of benzene rings is 1. The van der Waals surface area contributed by atoms with Crippen molar-refractivity contribution in [2.45, 2.75) is 38.2 Å². The summed E-state index contributed by atoms with van der Waals surface area (Å²) < 4.78 is 10.4. The van der Waals surface area contributed by atoms with Gasteiger partial charge in [0.25, 0.3) is 0 Å². The van der Waals surface area contributed by atoms with Gasteiger partial charge in [-0.05, 0) is 49.5 Å². The highest BCUT2D eigenvalue weighted by Crippen LogP contribution is 2.21. The first-order chi connectivity index (χ1) is 9.29. The van der Waals surface area contributed by atoms with Crippen molar-refractivity contribution in [3.05, 3.63) is 41.7 Å². The van der Waals surface area contributed by atoms with E-state index >= 15 is 0 Å². The Morgan fingerprint density at radius 3 is 2.47 bits per heavy atom. The van der Waals surface area contributed by atoms with Crippen LogP contribution in [0.5, 0.6) is 0 Å². The van der Waals surface area contributed by atoms with Gasteiger partial charge in [0.15, 0.2) is 0 Å². The highest BCUT2D eigenvalue weighted by Gasteiger charge is 2.18. The zero-order valence-corrected chi connectivity index (χ0v) is 11.3. The largest absolute Gasteiger partial charge is 0.504 e. The van der Waals surface area contributed by atoms with Crippen LogP contribution in [0.1, 0.15) is 48.0 Å². The third-order valence-corrected chi connectivity index (χ3v) is 3.37. The van der Waals surface area contributed by atoms with E-state index in [1.165, 1.54) is 19.3 Å². The number of ether oxygens (including phenoxy) is 2. The third kappa shape index (κ3) is 4.12. The summed E-state index contributed by atoms with van der Waals surface area (Å²) in [5.41, 5.74) is 1.61. The number of esters is 1. The molecule has 1 aliphatic rings. The molecule has 1 fully saturated rings. The molecule has 0 bridgehead atoms. The summed E-state index contributed by atoms with van der Waals surface area (Å²) in [4.78, 5) is 12.0. The minimum atomic E-state index is -0.214. The minimum absolute atomic E-state index is 0.106. The van der Waals surface area contributed by atoms with Crippen molar-refractivity contribution in [2.75, 3.05) is 7.11 Å². The normalized spacial score (nSPS) is 16.5. The molecular formula is C16H20O3. The maximum atomic E-state index is 12.0. The summed E-state index contributed by atoms with van der Waals surface area (Å²) >= 11 is 0. The third-order valence-electron chi connectivity index (χ3n) is 3.37. The van der Waals surface area contributed by atoms with Crippen molar-refractivity contribution in [3.63, 3.8) is 0 Å². The minimum Gasteiger partial charge on any atom is -0.504 e. The van der Waals surface area contributed by atoms with E-state index in [1.807, 2.05) is 18.2 Å². The summed E-state index contributed by atoms with van der Waals surface area (Å²) in [6.45, 7) is 0. The predicted molar refractivity (Wildman–Crippen MR) is 74.8 cm³/mol. The summed E-state index contributed by atoms with van der Waals surface area (Å²) in [6, 6.07) is 7.35. The van der Waals surface area contributed by atoms with Gasteiger partial charge in [0.1, 0.15) is 6.10 Å². The maximum absolute atomic E-state index is 12.0. The summed E-state index contributed by atoms with van der Waals surface area (Å²) in [5, 5.41) is 0. The molecule has 0 unspecified atom stereocenters. The van der Waals surface area contributed by atoms with E-state index in [0.29, 0.717) is 5.56 Å². The van der Waals surface area contributed by atoms with E-state index in [4.69, 9.17) is 9.47 Å². The van der Waals surface area contributed by atoms with Gasteiger partial charge in [-0.1, -0.05) is 18.6 Å². The summed E-state index contributed by atoms with van der Waals surface area (Å²) in [5.74, 6) is -0.214. The van der Waals surface area contributed by atoms with Crippen LogP contribution in [0, 0.1) is 0 Å². The summed E-state index contributed by atoms with van der Waals surface area (Å²) in [7, 11) is 1.60. The average molecular weight is 260 g/mol. The molecule has 0 heterocycles. The van der Waals surface area contributed by atoms with Crippen molar-refractivity contribution in [1.29, 1.82) is 0 Å². The quantitative estimate of drug-likeness (QED) is 0.610. The molecule has 0 atom stereocenters. The number of carbonyl (C=O) groups is 1. The van der Waals surface area contributed by atoms with Gasteiger partial charge in [0, 0.05) is 0 Å². The van der Waals surface area contributed by atoms with Crippen LogP contribution in [0.4, 0.5) is 0 Å². The topological polar surface area (TPSA) is 35.5 Å². The van der Waals surface area contributed by atoms with Crippen LogP contribution in [-0.2, 0) is 9.47 Å². The molecular weight excluding hydrogens is 240 g/mol. The lowest BCUT2D eigenvalue weighted by molar-refractivity contribution is 0.0211. The number of methoxy groups -OCH3 is 1. The Balaban J connectivity index is 1.93. The van der Waals surface area contributed by atoms with E-state index in [-0.39, 0.29) is 12.1 Å². The highest BCUT2D eigenvalue weighted by atomic mass is 16.5. The number of hydrogen-bond acceptors (Lipinski definition) is 3. The van der Waals surface area contributed by atoms with Gasteiger partial charge in [-0.2, -0.15) is 0 Å². The van der Waals surface area contributed by atoms with Gasteiger partial charge in [-0.25, -0.2) is 4.79 Å². The molecule has 1 saturated carbocycles. The zero-order chi connectivity index (χ0) is 13.5. The van der Waals surface area contributed by atoms with Gasteiger partial charge >= 0.3 is 5.97 Å². The van der Waals surface area contributed by atoms with E-state index in [0.717, 1.165) is 18.4 Å². The lowest BCUT2D eigenvalue weighted by Gasteiger charge is -2.21. The molecule has 0 N–H and O–H groups in total. The first-order valence-corrected chi connectivity index (χ1v) is 6.80. The molecule has 2 rings (SSSR count). The lowest BCUT2D eigenvalue weighted by atomic mass is 9.98. The van der Waals surface area contributed by atoms with Crippen molar-refractivity contribution in [1.82, 2.24) is 0 Å². The Kier molecular flexibility index (Phi) is 5.01. The molecule has 1 aromatic carbocycles. The zero-order valence-electron chi connectivity index (χ0n) is 11.3. The standard InChI is InChI=1S/C16H20O3/c1-18-12-11-13-7-9-14(10-8-13)16(17)19-15-5-3-2-4-6-15/h7-12,15H,2-6H2,1H3. The van der Waals surface area contributed by atoms with Gasteiger partial charge in [0.2, 0.25) is 0 Å². The van der Waals surface area contributed by atoms with Gasteiger partial charge in [-0.15, -0.1) is 0 Å². The van der Waals surface area contributed by atoms with Crippen LogP contribution in [0.2, 0.25) is 0 Å². The molecule has 0 aliphatic heterocycles. The first kappa shape index (κ1) is 13.7. The van der Waals surface area contributed by atoms with Gasteiger partial charge in [0.05, 0.1) is 18.9 Å².